The van der Waals surface area contributed by atoms with E-state index in [2.05, 4.69) is 15.9 Å². The summed E-state index contributed by atoms with van der Waals surface area (Å²) < 4.78 is 12.5. The Morgan fingerprint density at radius 1 is 1.36 bits per heavy atom. The highest BCUT2D eigenvalue weighted by Gasteiger charge is 2.28. The number of methoxy groups -OCH3 is 1. The second-order valence-corrected chi connectivity index (χ2v) is 7.20. The lowest BCUT2D eigenvalue weighted by atomic mass is 9.98. The molecule has 0 bridgehead atoms. The SMILES string of the molecule is COCCn1c(O)c(C(=O)c2oc3ccc(Br)cc3c2C)c(C)c(C#N)c1=O. The maximum absolute atomic E-state index is 13.2. The minimum atomic E-state index is -0.670. The molecule has 0 saturated carbocycles. The number of aromatic hydroxyl groups is 1. The van der Waals surface area contributed by atoms with Crippen LogP contribution in [0.4, 0.5) is 0 Å². The number of furan rings is 1. The predicted molar refractivity (Wildman–Crippen MR) is 106 cm³/mol. The Morgan fingerprint density at radius 2 is 2.07 bits per heavy atom. The van der Waals surface area contributed by atoms with E-state index in [4.69, 9.17) is 9.15 Å². The van der Waals surface area contributed by atoms with Crippen LogP contribution in [0.25, 0.3) is 11.0 Å². The van der Waals surface area contributed by atoms with Crippen LogP contribution in [0, 0.1) is 25.2 Å². The molecule has 7 nitrogen and oxygen atoms in total. The summed E-state index contributed by atoms with van der Waals surface area (Å²) in [5.74, 6) is -1.06. The molecule has 0 fully saturated rings. The number of hydrogen-bond donors (Lipinski definition) is 1. The van der Waals surface area contributed by atoms with E-state index < -0.39 is 17.2 Å². The molecular formula is C20H17BrN2O5. The van der Waals surface area contributed by atoms with Crippen LogP contribution in [0.5, 0.6) is 5.88 Å². The topological polar surface area (TPSA) is 105 Å². The van der Waals surface area contributed by atoms with Gasteiger partial charge < -0.3 is 14.3 Å². The summed E-state index contributed by atoms with van der Waals surface area (Å²) in [6.07, 6.45) is 0. The number of aromatic nitrogens is 1. The van der Waals surface area contributed by atoms with Crippen molar-refractivity contribution < 1.29 is 19.1 Å². The average Bonchev–Trinajstić information content (AvgIpc) is 2.98. The number of halogens is 1. The quantitative estimate of drug-likeness (QED) is 0.604. The third-order valence-electron chi connectivity index (χ3n) is 4.65. The summed E-state index contributed by atoms with van der Waals surface area (Å²) in [4.78, 5) is 25.7. The molecule has 0 radical (unpaired) electrons. The number of ether oxygens (including phenoxy) is 1. The summed E-state index contributed by atoms with van der Waals surface area (Å²) in [6, 6.07) is 7.18. The third-order valence-corrected chi connectivity index (χ3v) is 5.14. The van der Waals surface area contributed by atoms with Gasteiger partial charge in [-0.3, -0.25) is 14.2 Å². The Kier molecular flexibility index (Phi) is 5.40. The van der Waals surface area contributed by atoms with E-state index in [9.17, 15) is 20.0 Å². The van der Waals surface area contributed by atoms with Crippen LogP contribution in [0.2, 0.25) is 0 Å². The fraction of sp³-hybridized carbons (Fsp3) is 0.250. The standard InChI is InChI=1S/C20H17BrN2O5/c1-10-14(9-22)19(25)23(6-7-27-3)20(26)16(10)17(24)18-11(2)13-8-12(21)4-5-15(13)28-18/h4-5,8,26H,6-7H2,1-3H3. The van der Waals surface area contributed by atoms with Crippen molar-refractivity contribution in [2.75, 3.05) is 13.7 Å². The first-order valence-corrected chi connectivity index (χ1v) is 9.19. The number of carbonyl (C=O) groups excluding carboxylic acids is 1. The van der Waals surface area contributed by atoms with Gasteiger partial charge in [-0.25, -0.2) is 0 Å². The van der Waals surface area contributed by atoms with Crippen molar-refractivity contribution in [1.29, 1.82) is 5.26 Å². The number of nitriles is 1. The van der Waals surface area contributed by atoms with Crippen LogP contribution in [-0.4, -0.2) is 29.2 Å². The highest BCUT2D eigenvalue weighted by atomic mass is 79.9. The number of nitrogens with zero attached hydrogens (tertiary/aromatic N) is 2. The number of carbonyl (C=O) groups is 1. The van der Waals surface area contributed by atoms with Crippen LogP contribution in [0.3, 0.4) is 0 Å². The number of hydrogen-bond acceptors (Lipinski definition) is 6. The summed E-state index contributed by atoms with van der Waals surface area (Å²) in [5, 5.41) is 20.8. The highest BCUT2D eigenvalue weighted by molar-refractivity contribution is 9.10. The Balaban J connectivity index is 2.26. The van der Waals surface area contributed by atoms with Crippen LogP contribution in [-0.2, 0) is 11.3 Å². The molecule has 0 atom stereocenters. The maximum atomic E-state index is 13.2. The molecule has 1 aromatic carbocycles. The van der Waals surface area contributed by atoms with E-state index in [1.807, 2.05) is 12.1 Å². The van der Waals surface area contributed by atoms with Gasteiger partial charge in [0.15, 0.2) is 5.76 Å². The minimum absolute atomic E-state index is 0.00245. The minimum Gasteiger partial charge on any atom is -0.494 e. The van der Waals surface area contributed by atoms with Gasteiger partial charge in [-0.05, 0) is 37.6 Å². The van der Waals surface area contributed by atoms with Gasteiger partial charge in [0.05, 0.1) is 18.7 Å². The van der Waals surface area contributed by atoms with E-state index in [0.717, 1.165) is 14.4 Å². The first-order chi connectivity index (χ1) is 13.3. The zero-order valence-electron chi connectivity index (χ0n) is 15.5. The lowest BCUT2D eigenvalue weighted by molar-refractivity contribution is 0.100. The van der Waals surface area contributed by atoms with Crippen molar-refractivity contribution in [1.82, 2.24) is 4.57 Å². The van der Waals surface area contributed by atoms with Crippen LogP contribution >= 0.6 is 15.9 Å². The summed E-state index contributed by atoms with van der Waals surface area (Å²) in [6.45, 7) is 3.33. The molecule has 0 unspecified atom stereocenters. The van der Waals surface area contributed by atoms with Crippen molar-refractivity contribution in [3.05, 3.63) is 61.0 Å². The van der Waals surface area contributed by atoms with Crippen molar-refractivity contribution >= 4 is 32.7 Å². The van der Waals surface area contributed by atoms with E-state index >= 15 is 0 Å². The zero-order chi connectivity index (χ0) is 20.6. The molecule has 2 aromatic heterocycles. The van der Waals surface area contributed by atoms with Crippen molar-refractivity contribution in [2.45, 2.75) is 20.4 Å². The smallest absolute Gasteiger partial charge is 0.271 e. The second-order valence-electron chi connectivity index (χ2n) is 6.29. The lowest BCUT2D eigenvalue weighted by Crippen LogP contribution is -2.28. The largest absolute Gasteiger partial charge is 0.494 e. The van der Waals surface area contributed by atoms with E-state index in [1.165, 1.54) is 14.0 Å². The van der Waals surface area contributed by atoms with Crippen molar-refractivity contribution in [2.24, 2.45) is 0 Å². The average molecular weight is 445 g/mol. The normalized spacial score (nSPS) is 11.0. The Hall–Kier alpha value is -2.89. The molecule has 28 heavy (non-hydrogen) atoms. The molecule has 8 heteroatoms. The Morgan fingerprint density at radius 3 is 2.71 bits per heavy atom. The number of ketones is 1. The molecule has 1 N–H and O–H groups in total. The predicted octanol–water partition coefficient (Wildman–Crippen LogP) is 3.43. The summed E-state index contributed by atoms with van der Waals surface area (Å²) in [5.41, 5.74) is 0.242. The number of aryl methyl sites for hydroxylation is 1. The maximum Gasteiger partial charge on any atom is 0.271 e. The second kappa shape index (κ2) is 7.62. The van der Waals surface area contributed by atoms with E-state index in [0.29, 0.717) is 11.1 Å². The molecule has 0 aliphatic rings. The van der Waals surface area contributed by atoms with E-state index in [-0.39, 0.29) is 35.6 Å². The van der Waals surface area contributed by atoms with Gasteiger partial charge >= 0.3 is 0 Å². The number of rotatable bonds is 5. The van der Waals surface area contributed by atoms with Gasteiger partial charge in [-0.15, -0.1) is 0 Å². The molecule has 3 aromatic rings. The van der Waals surface area contributed by atoms with Crippen LogP contribution < -0.4 is 5.56 Å². The molecule has 0 saturated heterocycles. The number of pyridine rings is 1. The number of benzene rings is 1. The van der Waals surface area contributed by atoms with E-state index in [1.54, 1.807) is 19.1 Å². The summed E-state index contributed by atoms with van der Waals surface area (Å²) in [7, 11) is 1.45. The van der Waals surface area contributed by atoms with Gasteiger partial charge in [-0.2, -0.15) is 5.26 Å². The van der Waals surface area contributed by atoms with Crippen LogP contribution in [0.1, 0.15) is 32.8 Å². The lowest BCUT2D eigenvalue weighted by Gasteiger charge is -2.14. The molecule has 0 spiro atoms. The van der Waals surface area contributed by atoms with Gasteiger partial charge in [0.25, 0.3) is 5.56 Å². The Bertz CT molecular complexity index is 1200. The van der Waals surface area contributed by atoms with Gasteiger partial charge in [0.2, 0.25) is 11.7 Å². The molecule has 144 valence electrons. The molecule has 0 amide bonds. The molecule has 0 aliphatic carbocycles. The zero-order valence-corrected chi connectivity index (χ0v) is 17.1. The van der Waals surface area contributed by atoms with Crippen LogP contribution in [0.15, 0.2) is 31.9 Å². The third kappa shape index (κ3) is 3.13. The van der Waals surface area contributed by atoms with Crippen molar-refractivity contribution in [3.8, 4) is 11.9 Å². The first-order valence-electron chi connectivity index (χ1n) is 8.40. The molecular weight excluding hydrogens is 428 g/mol. The molecule has 0 aliphatic heterocycles. The monoisotopic (exact) mass is 444 g/mol. The molecule has 2 heterocycles. The fourth-order valence-electron chi connectivity index (χ4n) is 3.14. The Labute approximate surface area is 168 Å². The van der Waals surface area contributed by atoms with Crippen molar-refractivity contribution in [3.63, 3.8) is 0 Å². The summed E-state index contributed by atoms with van der Waals surface area (Å²) >= 11 is 3.39. The number of fused-ring (bicyclic) bond motifs is 1. The molecule has 3 rings (SSSR count). The highest BCUT2D eigenvalue weighted by Crippen LogP contribution is 2.32. The fourth-order valence-corrected chi connectivity index (χ4v) is 3.50. The first kappa shape index (κ1) is 19.9. The van der Waals surface area contributed by atoms with Gasteiger partial charge in [0, 0.05) is 22.5 Å². The van der Waals surface area contributed by atoms with Gasteiger partial charge in [0.1, 0.15) is 17.2 Å². The van der Waals surface area contributed by atoms with Gasteiger partial charge in [-0.1, -0.05) is 15.9 Å².